The second-order valence-electron chi connectivity index (χ2n) is 2.62. The third-order valence-corrected chi connectivity index (χ3v) is 1.76. The molecule has 0 amide bonds. The van der Waals surface area contributed by atoms with Gasteiger partial charge in [-0.2, -0.15) is 5.10 Å². The number of halogens is 1. The summed E-state index contributed by atoms with van der Waals surface area (Å²) >= 11 is 5.67. The molecule has 0 unspecified atom stereocenters. The molecule has 0 saturated heterocycles. The van der Waals surface area contributed by atoms with Crippen molar-refractivity contribution >= 4 is 29.0 Å². The van der Waals surface area contributed by atoms with Crippen molar-refractivity contribution in [3.05, 3.63) is 29.3 Å². The lowest BCUT2D eigenvalue weighted by atomic mass is 10.3. The molecule has 1 aromatic carbocycles. The van der Waals surface area contributed by atoms with E-state index in [0.29, 0.717) is 10.7 Å². The van der Waals surface area contributed by atoms with Crippen LogP contribution in [0.3, 0.4) is 0 Å². The van der Waals surface area contributed by atoms with Crippen molar-refractivity contribution in [3.8, 4) is 0 Å². The van der Waals surface area contributed by atoms with Crippen molar-refractivity contribution in [3.63, 3.8) is 0 Å². The Bertz CT molecular complexity index is 360. The second-order valence-corrected chi connectivity index (χ2v) is 3.06. The van der Waals surface area contributed by atoms with E-state index >= 15 is 0 Å². The van der Waals surface area contributed by atoms with E-state index in [2.05, 4.69) is 10.5 Å². The van der Waals surface area contributed by atoms with Crippen molar-refractivity contribution in [1.29, 1.82) is 0 Å². The Kier molecular flexibility index (Phi) is 3.48. The summed E-state index contributed by atoms with van der Waals surface area (Å²) in [5.41, 5.74) is 3.29. The minimum atomic E-state index is -1.05. The van der Waals surface area contributed by atoms with Crippen molar-refractivity contribution in [2.24, 2.45) is 5.10 Å². The summed E-state index contributed by atoms with van der Waals surface area (Å²) in [6, 6.07) is 6.80. The maximum Gasteiger partial charge on any atom is 0.351 e. The molecular formula is C9H9ClN2O2. The first kappa shape index (κ1) is 10.5. The van der Waals surface area contributed by atoms with Crippen LogP contribution in [-0.4, -0.2) is 16.8 Å². The fourth-order valence-electron chi connectivity index (χ4n) is 0.721. The summed E-state index contributed by atoms with van der Waals surface area (Å²) in [5, 5.41) is 12.8. The third-order valence-electron chi connectivity index (χ3n) is 1.51. The predicted molar refractivity (Wildman–Crippen MR) is 55.8 cm³/mol. The number of carbonyl (C=O) groups is 1. The van der Waals surface area contributed by atoms with Crippen LogP contribution in [0.4, 0.5) is 5.69 Å². The van der Waals surface area contributed by atoms with E-state index in [1.807, 2.05) is 0 Å². The largest absolute Gasteiger partial charge is 0.477 e. The summed E-state index contributed by atoms with van der Waals surface area (Å²) in [4.78, 5) is 10.4. The molecule has 74 valence electrons. The number of anilines is 1. The number of hydrogen-bond donors (Lipinski definition) is 2. The molecule has 0 heterocycles. The van der Waals surface area contributed by atoms with E-state index < -0.39 is 5.97 Å². The highest BCUT2D eigenvalue weighted by Gasteiger charge is 2.00. The number of benzene rings is 1. The zero-order valence-corrected chi connectivity index (χ0v) is 8.25. The quantitative estimate of drug-likeness (QED) is 0.597. The lowest BCUT2D eigenvalue weighted by Gasteiger charge is -2.00. The smallest absolute Gasteiger partial charge is 0.351 e. The summed E-state index contributed by atoms with van der Waals surface area (Å²) in [6.07, 6.45) is 0. The fraction of sp³-hybridized carbons (Fsp3) is 0.111. The standard InChI is InChI=1S/C9H9ClN2O2/c1-6(9(13)14)11-12-8-4-2-7(10)3-5-8/h2-5,12H,1H3,(H,13,14). The number of nitrogens with one attached hydrogen (secondary N) is 1. The minimum Gasteiger partial charge on any atom is -0.477 e. The summed E-state index contributed by atoms with van der Waals surface area (Å²) in [7, 11) is 0. The Morgan fingerprint density at radius 1 is 1.43 bits per heavy atom. The van der Waals surface area contributed by atoms with Gasteiger partial charge in [-0.3, -0.25) is 5.43 Å². The first-order valence-corrected chi connectivity index (χ1v) is 4.26. The number of hydrogen-bond acceptors (Lipinski definition) is 3. The van der Waals surface area contributed by atoms with Crippen LogP contribution in [0.2, 0.25) is 5.02 Å². The molecule has 0 atom stereocenters. The van der Waals surface area contributed by atoms with Crippen LogP contribution < -0.4 is 5.43 Å². The van der Waals surface area contributed by atoms with Gasteiger partial charge in [0.1, 0.15) is 5.71 Å². The highest BCUT2D eigenvalue weighted by atomic mass is 35.5. The van der Waals surface area contributed by atoms with E-state index in [-0.39, 0.29) is 5.71 Å². The van der Waals surface area contributed by atoms with Crippen LogP contribution in [0, 0.1) is 0 Å². The van der Waals surface area contributed by atoms with Gasteiger partial charge in [0.05, 0.1) is 5.69 Å². The van der Waals surface area contributed by atoms with Gasteiger partial charge < -0.3 is 5.11 Å². The van der Waals surface area contributed by atoms with Gasteiger partial charge in [0.15, 0.2) is 0 Å². The lowest BCUT2D eigenvalue weighted by Crippen LogP contribution is -2.10. The van der Waals surface area contributed by atoms with Crippen molar-refractivity contribution in [2.45, 2.75) is 6.92 Å². The lowest BCUT2D eigenvalue weighted by molar-refractivity contribution is -0.129. The SMILES string of the molecule is CC(=NNc1ccc(Cl)cc1)C(=O)O. The molecule has 0 bridgehead atoms. The number of nitrogens with zero attached hydrogens (tertiary/aromatic N) is 1. The highest BCUT2D eigenvalue weighted by Crippen LogP contribution is 2.13. The zero-order valence-electron chi connectivity index (χ0n) is 7.49. The molecule has 0 saturated carbocycles. The molecule has 0 aliphatic carbocycles. The normalized spacial score (nSPS) is 11.1. The second kappa shape index (κ2) is 4.62. The van der Waals surface area contributed by atoms with Crippen molar-refractivity contribution < 1.29 is 9.90 Å². The molecule has 5 heteroatoms. The summed E-state index contributed by atoms with van der Waals surface area (Å²) < 4.78 is 0. The Morgan fingerprint density at radius 2 is 2.00 bits per heavy atom. The topological polar surface area (TPSA) is 61.7 Å². The zero-order chi connectivity index (χ0) is 10.6. The van der Waals surface area contributed by atoms with Gasteiger partial charge in [0, 0.05) is 5.02 Å². The van der Waals surface area contributed by atoms with Gasteiger partial charge in [-0.15, -0.1) is 0 Å². The minimum absolute atomic E-state index is 0.0000463. The summed E-state index contributed by atoms with van der Waals surface area (Å²) in [6.45, 7) is 1.41. The third kappa shape index (κ3) is 3.06. The van der Waals surface area contributed by atoms with E-state index in [0.717, 1.165) is 0 Å². The van der Waals surface area contributed by atoms with Gasteiger partial charge in [0.2, 0.25) is 0 Å². The number of carboxylic acid groups (broad SMARTS) is 1. The van der Waals surface area contributed by atoms with Crippen LogP contribution in [-0.2, 0) is 4.79 Å². The van der Waals surface area contributed by atoms with Crippen LogP contribution in [0.5, 0.6) is 0 Å². The Morgan fingerprint density at radius 3 is 2.50 bits per heavy atom. The average molecular weight is 213 g/mol. The Balaban J connectivity index is 2.66. The van der Waals surface area contributed by atoms with E-state index in [4.69, 9.17) is 16.7 Å². The van der Waals surface area contributed by atoms with Crippen LogP contribution in [0.1, 0.15) is 6.92 Å². The van der Waals surface area contributed by atoms with E-state index in [1.54, 1.807) is 24.3 Å². The van der Waals surface area contributed by atoms with Crippen LogP contribution in [0.15, 0.2) is 29.4 Å². The van der Waals surface area contributed by atoms with E-state index in [9.17, 15) is 4.79 Å². The average Bonchev–Trinajstić information content (AvgIpc) is 2.16. The molecule has 0 fully saturated rings. The molecule has 0 aliphatic heterocycles. The van der Waals surface area contributed by atoms with Gasteiger partial charge in [-0.05, 0) is 31.2 Å². The maximum atomic E-state index is 10.4. The van der Waals surface area contributed by atoms with Gasteiger partial charge in [0.25, 0.3) is 0 Å². The van der Waals surface area contributed by atoms with Gasteiger partial charge >= 0.3 is 5.97 Å². The van der Waals surface area contributed by atoms with Crippen molar-refractivity contribution in [2.75, 3.05) is 5.43 Å². The molecular weight excluding hydrogens is 204 g/mol. The van der Waals surface area contributed by atoms with E-state index in [1.165, 1.54) is 6.92 Å². The molecule has 0 spiro atoms. The first-order valence-electron chi connectivity index (χ1n) is 3.89. The van der Waals surface area contributed by atoms with Crippen molar-refractivity contribution in [1.82, 2.24) is 0 Å². The highest BCUT2D eigenvalue weighted by molar-refractivity contribution is 6.34. The number of carboxylic acids is 1. The summed E-state index contributed by atoms with van der Waals surface area (Å²) in [5.74, 6) is -1.05. The number of rotatable bonds is 3. The maximum absolute atomic E-state index is 10.4. The first-order chi connectivity index (χ1) is 6.59. The Labute approximate surface area is 86.2 Å². The molecule has 0 aromatic heterocycles. The molecule has 0 aliphatic rings. The molecule has 1 rings (SSSR count). The predicted octanol–water partition coefficient (Wildman–Crippen LogP) is 2.21. The number of aliphatic carboxylic acids is 1. The fourth-order valence-corrected chi connectivity index (χ4v) is 0.847. The number of hydrazone groups is 1. The van der Waals surface area contributed by atoms with Crippen LogP contribution >= 0.6 is 11.6 Å². The monoisotopic (exact) mass is 212 g/mol. The molecule has 4 nitrogen and oxygen atoms in total. The Hall–Kier alpha value is -1.55. The molecule has 0 radical (unpaired) electrons. The van der Waals surface area contributed by atoms with Gasteiger partial charge in [-0.25, -0.2) is 4.79 Å². The molecule has 14 heavy (non-hydrogen) atoms. The van der Waals surface area contributed by atoms with Gasteiger partial charge in [-0.1, -0.05) is 11.6 Å². The molecule has 2 N–H and O–H groups in total. The molecule has 1 aromatic rings. The van der Waals surface area contributed by atoms with Crippen LogP contribution in [0.25, 0.3) is 0 Å².